The first-order chi connectivity index (χ1) is 9.00. The standard InChI is InChI=1S/C16H29NO3/c1-10(2)7-11(8-12(18)19)9-17-14(20)13-15(3,4)16(13,5)6/h10-11,13H,7-9H2,1-6H3,(H,17,20)(H,18,19)/t11-/m0/s1. The molecule has 0 bridgehead atoms. The molecule has 1 atom stereocenters. The molecule has 4 nitrogen and oxygen atoms in total. The number of carbonyl (C=O) groups is 2. The largest absolute Gasteiger partial charge is 0.481 e. The van der Waals surface area contributed by atoms with Crippen molar-refractivity contribution in [1.29, 1.82) is 0 Å². The van der Waals surface area contributed by atoms with Crippen LogP contribution >= 0.6 is 0 Å². The fourth-order valence-corrected chi connectivity index (χ4v) is 3.35. The lowest BCUT2D eigenvalue weighted by Gasteiger charge is -2.18. The molecule has 1 saturated carbocycles. The quantitative estimate of drug-likeness (QED) is 0.755. The van der Waals surface area contributed by atoms with Gasteiger partial charge in [0, 0.05) is 18.9 Å². The van der Waals surface area contributed by atoms with Gasteiger partial charge in [0.2, 0.25) is 5.91 Å². The Morgan fingerprint density at radius 3 is 2.00 bits per heavy atom. The van der Waals surface area contributed by atoms with Gasteiger partial charge in [-0.3, -0.25) is 9.59 Å². The van der Waals surface area contributed by atoms with Crippen molar-refractivity contribution in [2.45, 2.75) is 54.4 Å². The number of carboxylic acid groups (broad SMARTS) is 1. The predicted molar refractivity (Wildman–Crippen MR) is 79.3 cm³/mol. The van der Waals surface area contributed by atoms with E-state index in [4.69, 9.17) is 5.11 Å². The van der Waals surface area contributed by atoms with Gasteiger partial charge in [-0.1, -0.05) is 41.5 Å². The van der Waals surface area contributed by atoms with Gasteiger partial charge in [-0.2, -0.15) is 0 Å². The zero-order valence-corrected chi connectivity index (χ0v) is 13.6. The van der Waals surface area contributed by atoms with Crippen LogP contribution in [0.3, 0.4) is 0 Å². The van der Waals surface area contributed by atoms with Crippen molar-refractivity contribution in [3.63, 3.8) is 0 Å². The highest BCUT2D eigenvalue weighted by Gasteiger charge is 2.68. The van der Waals surface area contributed by atoms with Crippen LogP contribution in [0.5, 0.6) is 0 Å². The molecule has 20 heavy (non-hydrogen) atoms. The second-order valence-corrected chi connectivity index (χ2v) is 7.71. The molecule has 4 heteroatoms. The topological polar surface area (TPSA) is 66.4 Å². The molecule has 1 aliphatic rings. The number of rotatable bonds is 7. The van der Waals surface area contributed by atoms with Crippen LogP contribution in [0, 0.1) is 28.6 Å². The summed E-state index contributed by atoms with van der Waals surface area (Å²) >= 11 is 0. The first kappa shape index (κ1) is 17.0. The highest BCUT2D eigenvalue weighted by molar-refractivity contribution is 5.84. The van der Waals surface area contributed by atoms with Crippen LogP contribution in [0.25, 0.3) is 0 Å². The lowest BCUT2D eigenvalue weighted by Crippen LogP contribution is -2.33. The zero-order chi connectivity index (χ0) is 15.7. The fraction of sp³-hybridized carbons (Fsp3) is 0.875. The maximum Gasteiger partial charge on any atom is 0.303 e. The van der Waals surface area contributed by atoms with Gasteiger partial charge >= 0.3 is 5.97 Å². The second kappa shape index (κ2) is 5.74. The average molecular weight is 283 g/mol. The smallest absolute Gasteiger partial charge is 0.303 e. The normalized spacial score (nSPS) is 21.6. The molecule has 0 aromatic rings. The summed E-state index contributed by atoms with van der Waals surface area (Å²) in [6, 6.07) is 0. The molecule has 2 N–H and O–H groups in total. The molecule has 0 heterocycles. The van der Waals surface area contributed by atoms with Gasteiger partial charge < -0.3 is 10.4 Å². The molecular formula is C16H29NO3. The van der Waals surface area contributed by atoms with E-state index in [1.54, 1.807) is 0 Å². The average Bonchev–Trinajstić information content (AvgIpc) is 2.64. The summed E-state index contributed by atoms with van der Waals surface area (Å²) in [5.41, 5.74) is 0.0504. The summed E-state index contributed by atoms with van der Waals surface area (Å²) < 4.78 is 0. The summed E-state index contributed by atoms with van der Waals surface area (Å²) in [6.07, 6.45) is 0.944. The molecule has 0 spiro atoms. The molecule has 1 amide bonds. The Bertz CT molecular complexity index is 371. The van der Waals surface area contributed by atoms with Crippen LogP contribution < -0.4 is 5.32 Å². The third-order valence-electron chi connectivity index (χ3n) is 5.12. The van der Waals surface area contributed by atoms with Crippen molar-refractivity contribution >= 4 is 11.9 Å². The first-order valence-electron chi connectivity index (χ1n) is 7.49. The van der Waals surface area contributed by atoms with Gasteiger partial charge in [0.05, 0.1) is 0 Å². The van der Waals surface area contributed by atoms with E-state index in [1.807, 2.05) is 0 Å². The number of amides is 1. The van der Waals surface area contributed by atoms with Crippen molar-refractivity contribution in [3.8, 4) is 0 Å². The minimum absolute atomic E-state index is 0.0152. The summed E-state index contributed by atoms with van der Waals surface area (Å²) in [5.74, 6) is -0.248. The lowest BCUT2D eigenvalue weighted by atomic mass is 9.94. The van der Waals surface area contributed by atoms with Crippen molar-refractivity contribution < 1.29 is 14.7 Å². The van der Waals surface area contributed by atoms with Gasteiger partial charge in [0.25, 0.3) is 0 Å². The first-order valence-corrected chi connectivity index (χ1v) is 7.49. The molecule has 0 aromatic heterocycles. The van der Waals surface area contributed by atoms with E-state index < -0.39 is 5.97 Å². The molecule has 1 aliphatic carbocycles. The van der Waals surface area contributed by atoms with Crippen molar-refractivity contribution in [1.82, 2.24) is 5.32 Å². The van der Waals surface area contributed by atoms with Gasteiger partial charge in [-0.05, 0) is 29.1 Å². The van der Waals surface area contributed by atoms with Crippen molar-refractivity contribution in [3.05, 3.63) is 0 Å². The van der Waals surface area contributed by atoms with E-state index in [2.05, 4.69) is 46.9 Å². The number of nitrogens with one attached hydrogen (secondary N) is 1. The molecule has 0 unspecified atom stereocenters. The van der Waals surface area contributed by atoms with Crippen LogP contribution in [0.2, 0.25) is 0 Å². The molecule has 0 saturated heterocycles. The Morgan fingerprint density at radius 1 is 1.15 bits per heavy atom. The van der Waals surface area contributed by atoms with E-state index in [0.29, 0.717) is 12.5 Å². The Kier molecular flexibility index (Phi) is 4.88. The molecular weight excluding hydrogens is 254 g/mol. The minimum Gasteiger partial charge on any atom is -0.481 e. The van der Waals surface area contributed by atoms with E-state index in [1.165, 1.54) is 0 Å². The van der Waals surface area contributed by atoms with Gasteiger partial charge in [0.1, 0.15) is 0 Å². The minimum atomic E-state index is -0.794. The molecule has 0 radical (unpaired) electrons. The third kappa shape index (κ3) is 3.53. The van der Waals surface area contributed by atoms with Crippen LogP contribution in [-0.2, 0) is 9.59 Å². The maximum atomic E-state index is 12.3. The Labute approximate surface area is 122 Å². The Morgan fingerprint density at radius 2 is 1.65 bits per heavy atom. The summed E-state index contributed by atoms with van der Waals surface area (Å²) in [4.78, 5) is 23.1. The number of carbonyl (C=O) groups excluding carboxylic acids is 1. The monoisotopic (exact) mass is 283 g/mol. The SMILES string of the molecule is CC(C)C[C@H](CNC(=O)C1C(C)(C)C1(C)C)CC(=O)O. The molecule has 0 aromatic carbocycles. The highest BCUT2D eigenvalue weighted by Crippen LogP contribution is 2.68. The molecule has 1 fully saturated rings. The molecule has 1 rings (SSSR count). The van der Waals surface area contributed by atoms with Crippen LogP contribution in [0.4, 0.5) is 0 Å². The van der Waals surface area contributed by atoms with Crippen LogP contribution in [-0.4, -0.2) is 23.5 Å². The van der Waals surface area contributed by atoms with E-state index in [-0.39, 0.29) is 35.0 Å². The van der Waals surface area contributed by atoms with E-state index in [9.17, 15) is 9.59 Å². The van der Waals surface area contributed by atoms with E-state index >= 15 is 0 Å². The van der Waals surface area contributed by atoms with Crippen LogP contribution in [0.15, 0.2) is 0 Å². The maximum absolute atomic E-state index is 12.3. The van der Waals surface area contributed by atoms with Crippen molar-refractivity contribution in [2.24, 2.45) is 28.6 Å². The fourth-order valence-electron chi connectivity index (χ4n) is 3.35. The lowest BCUT2D eigenvalue weighted by molar-refractivity contribution is -0.138. The van der Waals surface area contributed by atoms with Gasteiger partial charge in [0.15, 0.2) is 0 Å². The number of hydrogen-bond acceptors (Lipinski definition) is 2. The highest BCUT2D eigenvalue weighted by atomic mass is 16.4. The Hall–Kier alpha value is -1.06. The van der Waals surface area contributed by atoms with Gasteiger partial charge in [-0.25, -0.2) is 0 Å². The van der Waals surface area contributed by atoms with Gasteiger partial charge in [-0.15, -0.1) is 0 Å². The number of hydrogen-bond donors (Lipinski definition) is 2. The Balaban J connectivity index is 2.52. The summed E-state index contributed by atoms with van der Waals surface area (Å²) in [5, 5.41) is 11.9. The molecule has 116 valence electrons. The number of carboxylic acids is 1. The number of aliphatic carboxylic acids is 1. The third-order valence-corrected chi connectivity index (χ3v) is 5.12. The summed E-state index contributed by atoms with van der Waals surface area (Å²) in [6.45, 7) is 13.1. The predicted octanol–water partition coefficient (Wildman–Crippen LogP) is 2.92. The van der Waals surface area contributed by atoms with Crippen LogP contribution in [0.1, 0.15) is 54.4 Å². The zero-order valence-electron chi connectivity index (χ0n) is 13.6. The summed E-state index contributed by atoms with van der Waals surface area (Å²) in [7, 11) is 0. The van der Waals surface area contributed by atoms with Crippen molar-refractivity contribution in [2.75, 3.05) is 6.54 Å². The van der Waals surface area contributed by atoms with E-state index in [0.717, 1.165) is 6.42 Å². The molecule has 0 aliphatic heterocycles. The second-order valence-electron chi connectivity index (χ2n) is 7.71.